The molecule has 0 unspecified atom stereocenters. The van der Waals surface area contributed by atoms with Crippen molar-refractivity contribution in [2.45, 2.75) is 0 Å². The van der Waals surface area contributed by atoms with Crippen LogP contribution in [0, 0.1) is 0 Å². The Kier molecular flexibility index (Phi) is 4.57. The molecule has 0 saturated heterocycles. The molecule has 10 aromatic carbocycles. The third kappa shape index (κ3) is 4.28. The summed E-state index contributed by atoms with van der Waals surface area (Å²) >= 11 is 0. The minimum absolute atomic E-state index is 0.181. The monoisotopic (exact) mass is 654 g/mol. The average molecular weight is 655 g/mol. The van der Waals surface area contributed by atoms with Gasteiger partial charge in [-0.1, -0.05) is 145 Å². The van der Waals surface area contributed by atoms with E-state index in [-0.39, 0.29) is 45.7 Å². The van der Waals surface area contributed by atoms with Crippen LogP contribution in [0.2, 0.25) is 0 Å². The van der Waals surface area contributed by atoms with Crippen molar-refractivity contribution in [2.75, 3.05) is 0 Å². The smallest absolute Gasteiger partial charge is 0.136 e. The fraction of sp³-hybridized carbons (Fsp3) is 0. The zero-order valence-corrected chi connectivity index (χ0v) is 27.1. The molecular weight excluding hydrogens is 617 g/mol. The Morgan fingerprint density at radius 3 is 1.65 bits per heavy atom. The van der Waals surface area contributed by atoms with E-state index in [2.05, 4.69) is 24.3 Å². The first kappa shape index (κ1) is 21.4. The van der Waals surface area contributed by atoms with Crippen LogP contribution in [0.4, 0.5) is 0 Å². The molecular formula is C50H30O. The minimum atomic E-state index is -0.432. The molecule has 51 heavy (non-hydrogen) atoms. The van der Waals surface area contributed by atoms with E-state index < -0.39 is 24.2 Å². The topological polar surface area (TPSA) is 13.1 Å². The number of benzene rings is 10. The van der Waals surface area contributed by atoms with Gasteiger partial charge < -0.3 is 4.42 Å². The summed E-state index contributed by atoms with van der Waals surface area (Å²) in [6.45, 7) is 0. The molecule has 11 rings (SSSR count). The van der Waals surface area contributed by atoms with Gasteiger partial charge in [-0.3, -0.25) is 0 Å². The number of hydrogen-bond acceptors (Lipinski definition) is 1. The van der Waals surface area contributed by atoms with E-state index in [1.54, 1.807) is 0 Å². The summed E-state index contributed by atoms with van der Waals surface area (Å²) in [5.41, 5.74) is 5.02. The van der Waals surface area contributed by atoms with Crippen LogP contribution in [0.3, 0.4) is 0 Å². The van der Waals surface area contributed by atoms with Gasteiger partial charge in [0.15, 0.2) is 0 Å². The summed E-state index contributed by atoms with van der Waals surface area (Å²) in [7, 11) is 0. The van der Waals surface area contributed by atoms with Crippen molar-refractivity contribution in [2.24, 2.45) is 0 Å². The largest absolute Gasteiger partial charge is 0.456 e. The van der Waals surface area contributed by atoms with Crippen molar-refractivity contribution >= 4 is 75.8 Å². The minimum Gasteiger partial charge on any atom is -0.456 e. The normalized spacial score (nSPS) is 14.1. The van der Waals surface area contributed by atoms with Crippen molar-refractivity contribution < 1.29 is 15.4 Å². The highest BCUT2D eigenvalue weighted by atomic mass is 16.3. The summed E-state index contributed by atoms with van der Waals surface area (Å²) in [5, 5.41) is 8.50. The molecule has 1 heteroatoms. The van der Waals surface area contributed by atoms with Gasteiger partial charge in [0.1, 0.15) is 11.2 Å². The summed E-state index contributed by atoms with van der Waals surface area (Å²) in [6, 6.07) is 40.8. The van der Waals surface area contributed by atoms with Crippen molar-refractivity contribution in [3.63, 3.8) is 0 Å². The summed E-state index contributed by atoms with van der Waals surface area (Å²) in [5.74, 6) is 0. The Morgan fingerprint density at radius 1 is 0.353 bits per heavy atom. The van der Waals surface area contributed by atoms with Crippen LogP contribution in [0.25, 0.3) is 109 Å². The number of rotatable bonds is 3. The molecule has 1 aromatic heterocycles. The summed E-state index contributed by atoms with van der Waals surface area (Å²) in [6.07, 6.45) is 0. The maximum atomic E-state index is 9.50. The first-order chi connectivity index (χ1) is 28.6. The first-order valence-electron chi connectivity index (χ1n) is 20.9. The number of fused-ring (bicyclic) bond motifs is 9. The second-order valence-corrected chi connectivity index (χ2v) is 13.0. The number of furan rings is 1. The maximum Gasteiger partial charge on any atom is 0.136 e. The Morgan fingerprint density at radius 2 is 0.902 bits per heavy atom. The zero-order chi connectivity index (χ0) is 40.4. The van der Waals surface area contributed by atoms with E-state index >= 15 is 0 Å². The lowest BCUT2D eigenvalue weighted by atomic mass is 9.84. The molecule has 1 heterocycles. The van der Waals surface area contributed by atoms with Crippen LogP contribution in [0.15, 0.2) is 186 Å². The van der Waals surface area contributed by atoms with E-state index in [1.165, 1.54) is 0 Å². The fourth-order valence-corrected chi connectivity index (χ4v) is 7.96. The quantitative estimate of drug-likeness (QED) is 0.173. The van der Waals surface area contributed by atoms with Crippen molar-refractivity contribution in [1.82, 2.24) is 0 Å². The molecule has 0 spiro atoms. The molecule has 0 bridgehead atoms. The lowest BCUT2D eigenvalue weighted by molar-refractivity contribution is 0.669. The summed E-state index contributed by atoms with van der Waals surface area (Å²) < 4.78 is 79.8. The third-order valence-electron chi connectivity index (χ3n) is 10.2. The van der Waals surface area contributed by atoms with Crippen molar-refractivity contribution in [3.05, 3.63) is 182 Å². The van der Waals surface area contributed by atoms with Crippen LogP contribution in [-0.2, 0) is 0 Å². The zero-order valence-electron chi connectivity index (χ0n) is 35.1. The number of hydrogen-bond donors (Lipinski definition) is 0. The molecule has 0 aliphatic carbocycles. The van der Waals surface area contributed by atoms with E-state index in [0.29, 0.717) is 22.3 Å². The van der Waals surface area contributed by atoms with Gasteiger partial charge in [-0.2, -0.15) is 0 Å². The molecule has 236 valence electrons. The lowest BCUT2D eigenvalue weighted by Gasteiger charge is -2.19. The van der Waals surface area contributed by atoms with E-state index in [4.69, 9.17) is 9.90 Å². The predicted octanol–water partition coefficient (Wildman–Crippen LogP) is 14.4. The van der Waals surface area contributed by atoms with E-state index in [1.807, 2.05) is 109 Å². The van der Waals surface area contributed by atoms with Gasteiger partial charge in [-0.15, -0.1) is 0 Å². The third-order valence-corrected chi connectivity index (χ3v) is 10.2. The lowest BCUT2D eigenvalue weighted by Crippen LogP contribution is -1.92. The predicted molar refractivity (Wildman–Crippen MR) is 218 cm³/mol. The van der Waals surface area contributed by atoms with Crippen LogP contribution in [-0.4, -0.2) is 0 Å². The molecule has 0 amide bonds. The van der Waals surface area contributed by atoms with Gasteiger partial charge >= 0.3 is 0 Å². The highest BCUT2D eigenvalue weighted by Gasteiger charge is 2.19. The molecule has 0 radical (unpaired) electrons. The Labute approximate surface area is 305 Å². The Bertz CT molecular complexity index is 3580. The highest BCUT2D eigenvalue weighted by Crippen LogP contribution is 2.46. The molecule has 0 saturated carbocycles. The molecule has 0 aliphatic heterocycles. The second kappa shape index (κ2) is 10.9. The highest BCUT2D eigenvalue weighted by molar-refractivity contribution is 6.23. The Balaban J connectivity index is 1.31. The van der Waals surface area contributed by atoms with Gasteiger partial charge in [0.2, 0.25) is 0 Å². The SMILES string of the molecule is [2H]c1c([2H])c([2H])c2c(-c3cc(-c4ccc5oc6ccc7ccccc7c6c5c4)c4ccccc4c3)c3c([2H])c([2H])c([2H])c([2H])c3c(-c3ccc4ccccc4c3)c2c1[2H]. The molecule has 0 atom stereocenters. The Hall–Kier alpha value is -6.70. The van der Waals surface area contributed by atoms with Crippen LogP contribution in [0.5, 0.6) is 0 Å². The van der Waals surface area contributed by atoms with E-state index in [9.17, 15) is 5.48 Å². The summed E-state index contributed by atoms with van der Waals surface area (Å²) in [4.78, 5) is 0. The van der Waals surface area contributed by atoms with Crippen LogP contribution >= 0.6 is 0 Å². The van der Waals surface area contributed by atoms with Gasteiger partial charge in [-0.25, -0.2) is 0 Å². The molecule has 1 nitrogen and oxygen atoms in total. The van der Waals surface area contributed by atoms with Crippen molar-refractivity contribution in [3.8, 4) is 33.4 Å². The maximum absolute atomic E-state index is 9.50. The first-order valence-corrected chi connectivity index (χ1v) is 16.9. The van der Waals surface area contributed by atoms with Crippen LogP contribution in [0.1, 0.15) is 11.0 Å². The molecule has 0 aliphatic rings. The van der Waals surface area contributed by atoms with Crippen LogP contribution < -0.4 is 0 Å². The van der Waals surface area contributed by atoms with Crippen molar-refractivity contribution in [1.29, 1.82) is 0 Å². The van der Waals surface area contributed by atoms with Gasteiger partial charge in [0.05, 0.1) is 11.0 Å². The van der Waals surface area contributed by atoms with Gasteiger partial charge in [0, 0.05) is 10.8 Å². The van der Waals surface area contributed by atoms with Gasteiger partial charge in [0.25, 0.3) is 0 Å². The molecule has 11 aromatic rings. The second-order valence-electron chi connectivity index (χ2n) is 13.0. The average Bonchev–Trinajstić information content (AvgIpc) is 3.66. The molecule has 0 fully saturated rings. The standard InChI is InChI=1S/C50H30O/c1-2-13-33-27-36(22-21-31(33)11-1)48-40-17-7-9-19-42(40)49(43-20-10-8-18-41(43)48)37-28-34-14-4-5-15-38(34)44(30-37)35-24-25-46-45(29-35)50-39-16-6-3-12-32(39)23-26-47(50)51-46/h1-30H/i7D,8D,9D,10D,17D,18D,19D,20D. The van der Waals surface area contributed by atoms with E-state index in [0.717, 1.165) is 65.4 Å². The molecule has 0 N–H and O–H groups in total. The van der Waals surface area contributed by atoms with Gasteiger partial charge in [-0.05, 0) is 124 Å². The fourth-order valence-electron chi connectivity index (χ4n) is 7.96.